The molecule has 43 heavy (non-hydrogen) atoms. The van der Waals surface area contributed by atoms with Crippen LogP contribution < -0.4 is 0 Å². The van der Waals surface area contributed by atoms with Gasteiger partial charge in [-0.15, -0.1) is 0 Å². The molecule has 1 saturated carbocycles. The Morgan fingerprint density at radius 2 is 1.47 bits per heavy atom. The van der Waals surface area contributed by atoms with Gasteiger partial charge in [-0.1, -0.05) is 51.1 Å². The maximum absolute atomic E-state index is 13.5. The number of hydrogen-bond acceptors (Lipinski definition) is 10. The Kier molecular flexibility index (Phi) is 10.4. The Labute approximate surface area is 252 Å². The Morgan fingerprint density at radius 1 is 0.860 bits per heavy atom. The first-order chi connectivity index (χ1) is 20.0. The highest BCUT2D eigenvalue weighted by Gasteiger charge is 2.61. The van der Waals surface area contributed by atoms with Crippen molar-refractivity contribution in [3.05, 3.63) is 59.2 Å². The van der Waals surface area contributed by atoms with Crippen LogP contribution in [0.3, 0.4) is 0 Å². The summed E-state index contributed by atoms with van der Waals surface area (Å²) in [6, 6.07) is 8.41. The number of ether oxygens (including phenoxy) is 4. The van der Waals surface area contributed by atoms with E-state index in [9.17, 15) is 29.1 Å². The third-order valence-corrected chi connectivity index (χ3v) is 8.36. The normalized spacial score (nSPS) is 30.8. The first-order valence-corrected chi connectivity index (χ1v) is 14.4. The summed E-state index contributed by atoms with van der Waals surface area (Å²) in [4.78, 5) is 64.2. The van der Waals surface area contributed by atoms with Gasteiger partial charge in [0.1, 0.15) is 18.0 Å². The quantitative estimate of drug-likeness (QED) is 0.296. The van der Waals surface area contributed by atoms with Crippen LogP contribution in [0.4, 0.5) is 0 Å². The Morgan fingerprint density at radius 3 is 2.02 bits per heavy atom. The predicted molar refractivity (Wildman–Crippen MR) is 155 cm³/mol. The van der Waals surface area contributed by atoms with E-state index in [0.29, 0.717) is 16.7 Å². The molecule has 7 atom stereocenters. The molecule has 1 aromatic rings. The Balaban J connectivity index is 2.33. The summed E-state index contributed by atoms with van der Waals surface area (Å²) < 4.78 is 23.6. The smallest absolute Gasteiger partial charge is 0.338 e. The molecule has 3 rings (SSSR count). The lowest BCUT2D eigenvalue weighted by molar-refractivity contribution is -0.186. The van der Waals surface area contributed by atoms with Crippen LogP contribution >= 0.6 is 0 Å². The van der Waals surface area contributed by atoms with E-state index in [0.717, 1.165) is 0 Å². The van der Waals surface area contributed by atoms with Crippen LogP contribution in [-0.2, 0) is 38.1 Å². The zero-order valence-electron chi connectivity index (χ0n) is 26.0. The predicted octanol–water partition coefficient (Wildman–Crippen LogP) is 4.29. The van der Waals surface area contributed by atoms with Crippen molar-refractivity contribution in [1.82, 2.24) is 0 Å². The summed E-state index contributed by atoms with van der Waals surface area (Å²) in [6.07, 6.45) is -1.48. The first-order valence-electron chi connectivity index (χ1n) is 14.4. The molecule has 0 radical (unpaired) electrons. The number of carbonyl (C=O) groups excluding carboxylic acids is 5. The lowest BCUT2D eigenvalue weighted by Crippen LogP contribution is -2.53. The minimum Gasteiger partial charge on any atom is -0.458 e. The molecule has 0 unspecified atom stereocenters. The van der Waals surface area contributed by atoms with E-state index in [1.54, 1.807) is 64.1 Å². The van der Waals surface area contributed by atoms with Gasteiger partial charge < -0.3 is 24.1 Å². The van der Waals surface area contributed by atoms with E-state index in [4.69, 9.17) is 18.9 Å². The number of ketones is 1. The Bertz CT molecular complexity index is 1310. The van der Waals surface area contributed by atoms with E-state index in [1.807, 2.05) is 6.92 Å². The number of aliphatic hydroxyl groups is 1. The van der Waals surface area contributed by atoms with Crippen molar-refractivity contribution >= 4 is 29.7 Å². The molecule has 0 amide bonds. The van der Waals surface area contributed by atoms with Gasteiger partial charge in [-0.3, -0.25) is 19.2 Å². The Hall–Kier alpha value is -3.79. The second-order valence-electron chi connectivity index (χ2n) is 12.2. The van der Waals surface area contributed by atoms with Gasteiger partial charge >= 0.3 is 23.9 Å². The third kappa shape index (κ3) is 7.41. The van der Waals surface area contributed by atoms with Crippen LogP contribution in [0.25, 0.3) is 0 Å². The number of carbonyl (C=O) groups is 5. The van der Waals surface area contributed by atoms with E-state index in [1.165, 1.54) is 26.8 Å². The highest BCUT2D eigenvalue weighted by Crippen LogP contribution is 2.51. The summed E-state index contributed by atoms with van der Waals surface area (Å²) >= 11 is 0. The maximum atomic E-state index is 13.5. The van der Waals surface area contributed by atoms with Crippen molar-refractivity contribution in [1.29, 1.82) is 0 Å². The molecule has 0 spiro atoms. The third-order valence-electron chi connectivity index (χ3n) is 8.36. The number of Topliss-reactive ketones (excluding diaryl/α,β-unsaturated/α-hetero) is 1. The lowest BCUT2D eigenvalue weighted by Gasteiger charge is -2.42. The standard InChI is InChI=1S/C33H42O10/c1-18-14-25-29(42-31(39)24-12-10-9-11-13-24)20(3)17-33(25,43-23(6)36)30(41-22(5)35)19(2)15-27(37)32(7,8)28(38)16-26(18)40-21(4)34/h9-15,20,25-27,29-30,37H,16-17H2,1-8H3/t20-,25+,26-,27-,29+,30-,33-/m1/s1. The van der Waals surface area contributed by atoms with Gasteiger partial charge in [0.2, 0.25) is 0 Å². The molecule has 1 fully saturated rings. The summed E-state index contributed by atoms with van der Waals surface area (Å²) in [5.74, 6) is -4.25. The molecular formula is C33H42O10. The van der Waals surface area contributed by atoms with Crippen LogP contribution in [0.15, 0.2) is 53.6 Å². The van der Waals surface area contributed by atoms with Crippen molar-refractivity contribution in [2.24, 2.45) is 17.3 Å². The van der Waals surface area contributed by atoms with Crippen LogP contribution in [0.5, 0.6) is 0 Å². The van der Waals surface area contributed by atoms with E-state index < -0.39 is 71.1 Å². The number of fused-ring (bicyclic) bond motifs is 1. The molecule has 2 aliphatic carbocycles. The molecule has 0 aliphatic heterocycles. The summed E-state index contributed by atoms with van der Waals surface area (Å²) in [7, 11) is 0. The molecular weight excluding hydrogens is 556 g/mol. The van der Waals surface area contributed by atoms with Gasteiger partial charge in [0.25, 0.3) is 0 Å². The fourth-order valence-electron chi connectivity index (χ4n) is 6.06. The van der Waals surface area contributed by atoms with Crippen LogP contribution in [0, 0.1) is 17.3 Å². The topological polar surface area (TPSA) is 143 Å². The SMILES string of the molecule is CC(=O)O[C@@H]1C(C)=C[C@@H](O)C(C)(C)C(=O)C[C@@H](OC(C)=O)C(C)=C[C@H]2[C@@H](OC(=O)c3ccccc3)[C@H](C)C[C@]12OC(C)=O. The van der Waals surface area contributed by atoms with Crippen LogP contribution in [0.2, 0.25) is 0 Å². The number of benzene rings is 1. The lowest BCUT2D eigenvalue weighted by atomic mass is 9.75. The molecule has 0 bridgehead atoms. The van der Waals surface area contributed by atoms with E-state index >= 15 is 0 Å². The molecule has 10 heteroatoms. The van der Waals surface area contributed by atoms with Crippen LogP contribution in [-0.4, -0.2) is 64.8 Å². The fraction of sp³-hybridized carbons (Fsp3) is 0.545. The van der Waals surface area contributed by atoms with Crippen LogP contribution in [0.1, 0.15) is 78.6 Å². The molecule has 0 heterocycles. The van der Waals surface area contributed by atoms with Crippen molar-refractivity contribution in [2.45, 2.75) is 98.2 Å². The molecule has 1 N–H and O–H groups in total. The van der Waals surface area contributed by atoms with Gasteiger partial charge in [0.15, 0.2) is 11.7 Å². The van der Waals surface area contributed by atoms with Gasteiger partial charge in [-0.05, 0) is 49.5 Å². The van der Waals surface area contributed by atoms with Gasteiger partial charge in [-0.2, -0.15) is 0 Å². The van der Waals surface area contributed by atoms with Gasteiger partial charge in [-0.25, -0.2) is 4.79 Å². The molecule has 1 aromatic carbocycles. The molecule has 0 saturated heterocycles. The summed E-state index contributed by atoms with van der Waals surface area (Å²) in [5.41, 5.74) is -1.80. The maximum Gasteiger partial charge on any atom is 0.338 e. The first kappa shape index (κ1) is 33.7. The zero-order valence-corrected chi connectivity index (χ0v) is 26.0. The van der Waals surface area contributed by atoms with Gasteiger partial charge in [0.05, 0.1) is 23.0 Å². The highest BCUT2D eigenvalue weighted by molar-refractivity contribution is 5.89. The summed E-state index contributed by atoms with van der Waals surface area (Å²) in [6.45, 7) is 11.9. The highest BCUT2D eigenvalue weighted by atomic mass is 16.6. The molecule has 2 aliphatic rings. The number of esters is 4. The largest absolute Gasteiger partial charge is 0.458 e. The summed E-state index contributed by atoms with van der Waals surface area (Å²) in [5, 5.41) is 11.3. The number of hydrogen-bond donors (Lipinski definition) is 1. The second-order valence-corrected chi connectivity index (χ2v) is 12.2. The monoisotopic (exact) mass is 598 g/mol. The molecule has 10 nitrogen and oxygen atoms in total. The van der Waals surface area contributed by atoms with Crippen molar-refractivity contribution in [3.63, 3.8) is 0 Å². The van der Waals surface area contributed by atoms with Crippen molar-refractivity contribution in [2.75, 3.05) is 0 Å². The van der Waals surface area contributed by atoms with E-state index in [-0.39, 0.29) is 18.6 Å². The van der Waals surface area contributed by atoms with Gasteiger partial charge in [0, 0.05) is 27.2 Å². The van der Waals surface area contributed by atoms with Crippen molar-refractivity contribution in [3.8, 4) is 0 Å². The average molecular weight is 599 g/mol. The second kappa shape index (κ2) is 13.2. The minimum absolute atomic E-state index is 0.119. The molecule has 234 valence electrons. The molecule has 0 aromatic heterocycles. The van der Waals surface area contributed by atoms with Crippen molar-refractivity contribution < 1.29 is 48.0 Å². The number of aliphatic hydroxyl groups excluding tert-OH is 1. The number of rotatable bonds is 5. The fourth-order valence-corrected chi connectivity index (χ4v) is 6.06. The average Bonchev–Trinajstić information content (AvgIpc) is 3.15. The minimum atomic E-state index is -1.59. The zero-order chi connectivity index (χ0) is 32.3. The van der Waals surface area contributed by atoms with E-state index in [2.05, 4.69) is 0 Å².